The lowest BCUT2D eigenvalue weighted by molar-refractivity contribution is -0.118. The van der Waals surface area contributed by atoms with Crippen LogP contribution in [0.3, 0.4) is 0 Å². The van der Waals surface area contributed by atoms with E-state index in [1.807, 2.05) is 13.8 Å². The Balaban J connectivity index is 2.29. The summed E-state index contributed by atoms with van der Waals surface area (Å²) in [6.45, 7) is 3.41. The average Bonchev–Trinajstić information content (AvgIpc) is 2.76. The number of esters is 1. The molecule has 0 unspecified atom stereocenters. The molecule has 0 fully saturated rings. The summed E-state index contributed by atoms with van der Waals surface area (Å²) >= 11 is 0. The number of aromatic nitrogens is 1. The molecule has 2 aromatic rings. The highest BCUT2D eigenvalue weighted by Gasteiger charge is 2.21. The van der Waals surface area contributed by atoms with Crippen molar-refractivity contribution in [1.29, 1.82) is 0 Å². The monoisotopic (exact) mass is 417 g/mol. The van der Waals surface area contributed by atoms with Crippen LogP contribution < -0.4 is 15.8 Å². The zero-order valence-corrected chi connectivity index (χ0v) is 16.8. The summed E-state index contributed by atoms with van der Waals surface area (Å²) in [6.07, 6.45) is 2.25. The Morgan fingerprint density at radius 1 is 1.17 bits per heavy atom. The molecule has 30 heavy (non-hydrogen) atoms. The van der Waals surface area contributed by atoms with E-state index in [-0.39, 0.29) is 36.3 Å². The number of carbonyl (C=O) groups excluding carboxylic acids is 3. The lowest BCUT2D eigenvalue weighted by Crippen LogP contribution is -2.36. The van der Waals surface area contributed by atoms with Gasteiger partial charge in [-0.2, -0.15) is 0 Å². The highest BCUT2D eigenvalue weighted by Crippen LogP contribution is 2.21. The maximum atomic E-state index is 13.1. The van der Waals surface area contributed by atoms with Gasteiger partial charge in [-0.1, -0.05) is 26.0 Å². The van der Waals surface area contributed by atoms with Gasteiger partial charge in [-0.05, 0) is 36.6 Å². The molecule has 0 saturated carbocycles. The summed E-state index contributed by atoms with van der Waals surface area (Å²) in [7, 11) is 0. The van der Waals surface area contributed by atoms with Gasteiger partial charge in [-0.15, -0.1) is 0 Å². The van der Waals surface area contributed by atoms with Crippen LogP contribution in [0.2, 0.25) is 0 Å². The van der Waals surface area contributed by atoms with Gasteiger partial charge in [0.25, 0.3) is 5.91 Å². The molecule has 1 aromatic heterocycles. The Hall–Kier alpha value is -3.33. The molecule has 2 rings (SSSR count). The summed E-state index contributed by atoms with van der Waals surface area (Å²) in [5.41, 5.74) is 5.74. The fourth-order valence-electron chi connectivity index (χ4n) is 2.49. The predicted molar refractivity (Wildman–Crippen MR) is 106 cm³/mol. The largest absolute Gasteiger partial charge is 0.486 e. The lowest BCUT2D eigenvalue weighted by Gasteiger charge is -2.15. The van der Waals surface area contributed by atoms with Gasteiger partial charge in [0.2, 0.25) is 5.91 Å². The maximum Gasteiger partial charge on any atom is 0.340 e. The molecule has 3 N–H and O–H groups in total. The molecule has 1 aromatic carbocycles. The summed E-state index contributed by atoms with van der Waals surface area (Å²) in [5, 5.41) is 2.08. The molecule has 2 amide bonds. The summed E-state index contributed by atoms with van der Waals surface area (Å²) in [5.74, 6) is -2.54. The Morgan fingerprint density at radius 3 is 2.43 bits per heavy atom. The van der Waals surface area contributed by atoms with E-state index in [4.69, 9.17) is 15.2 Å². The average molecular weight is 417 g/mol. The molecule has 0 bridgehead atoms. The first-order chi connectivity index (χ1) is 14.4. The maximum absolute atomic E-state index is 13.1. The number of amides is 2. The van der Waals surface area contributed by atoms with Gasteiger partial charge in [0.15, 0.2) is 11.4 Å². The van der Waals surface area contributed by atoms with Crippen molar-refractivity contribution in [2.45, 2.75) is 39.4 Å². The molecule has 0 saturated heterocycles. The van der Waals surface area contributed by atoms with Crippen molar-refractivity contribution in [2.24, 2.45) is 5.73 Å². The minimum Gasteiger partial charge on any atom is -0.486 e. The number of halogens is 1. The first-order valence-corrected chi connectivity index (χ1v) is 9.50. The van der Waals surface area contributed by atoms with Crippen LogP contribution in [0, 0.1) is 5.82 Å². The van der Waals surface area contributed by atoms with Gasteiger partial charge >= 0.3 is 5.97 Å². The third-order valence-corrected chi connectivity index (χ3v) is 4.23. The van der Waals surface area contributed by atoms with Crippen molar-refractivity contribution in [3.05, 3.63) is 59.2 Å². The minimum absolute atomic E-state index is 0.0158. The second kappa shape index (κ2) is 11.0. The Bertz CT molecular complexity index is 898. The highest BCUT2D eigenvalue weighted by molar-refractivity contribution is 6.06. The van der Waals surface area contributed by atoms with Crippen molar-refractivity contribution >= 4 is 17.8 Å². The molecule has 0 aliphatic rings. The van der Waals surface area contributed by atoms with Crippen molar-refractivity contribution < 1.29 is 28.2 Å². The summed E-state index contributed by atoms with van der Waals surface area (Å²) in [6, 6.07) is 6.90. The molecular weight excluding hydrogens is 393 g/mol. The Morgan fingerprint density at radius 2 is 1.83 bits per heavy atom. The topological polar surface area (TPSA) is 121 Å². The van der Waals surface area contributed by atoms with Crippen molar-refractivity contribution in [1.82, 2.24) is 10.3 Å². The minimum atomic E-state index is -0.820. The number of benzene rings is 1. The van der Waals surface area contributed by atoms with Crippen LogP contribution in [0.1, 0.15) is 53.1 Å². The number of hydrogen-bond acceptors (Lipinski definition) is 7. The van der Waals surface area contributed by atoms with Gasteiger partial charge in [0.05, 0.1) is 12.1 Å². The third kappa shape index (κ3) is 6.35. The molecule has 9 heteroatoms. The van der Waals surface area contributed by atoms with Gasteiger partial charge in [-0.25, -0.2) is 14.2 Å². The van der Waals surface area contributed by atoms with Gasteiger partial charge in [0.1, 0.15) is 18.5 Å². The Labute approximate surface area is 173 Å². The number of carbonyl (C=O) groups is 3. The van der Waals surface area contributed by atoms with Crippen LogP contribution in [0.5, 0.6) is 5.75 Å². The molecule has 0 atom stereocenters. The van der Waals surface area contributed by atoms with Gasteiger partial charge in [-0.3, -0.25) is 14.9 Å². The van der Waals surface area contributed by atoms with Crippen LogP contribution in [-0.4, -0.2) is 35.4 Å². The summed E-state index contributed by atoms with van der Waals surface area (Å²) in [4.78, 5) is 40.2. The molecule has 0 aliphatic carbocycles. The Kier molecular flexibility index (Phi) is 8.42. The number of ether oxygens (including phenoxy) is 2. The SMILES string of the molecule is CCC(CC)OC(=O)c1cnc(C(=O)NC(=O)CN)c(OCc2ccc(F)cc2)c1. The van der Waals surface area contributed by atoms with E-state index in [1.165, 1.54) is 36.5 Å². The van der Waals surface area contributed by atoms with E-state index < -0.39 is 23.6 Å². The van der Waals surface area contributed by atoms with Crippen LogP contribution in [0.15, 0.2) is 36.5 Å². The number of imide groups is 1. The van der Waals surface area contributed by atoms with Crippen molar-refractivity contribution in [3.63, 3.8) is 0 Å². The quantitative estimate of drug-likeness (QED) is 0.601. The van der Waals surface area contributed by atoms with E-state index in [0.717, 1.165) is 0 Å². The van der Waals surface area contributed by atoms with E-state index in [9.17, 15) is 18.8 Å². The van der Waals surface area contributed by atoms with Crippen molar-refractivity contribution in [2.75, 3.05) is 6.54 Å². The van der Waals surface area contributed by atoms with Gasteiger partial charge in [0, 0.05) is 6.20 Å². The number of nitrogens with zero attached hydrogens (tertiary/aromatic N) is 1. The van der Waals surface area contributed by atoms with E-state index >= 15 is 0 Å². The second-order valence-corrected chi connectivity index (χ2v) is 6.41. The van der Waals surface area contributed by atoms with Gasteiger partial charge < -0.3 is 15.2 Å². The van der Waals surface area contributed by atoms with Crippen LogP contribution in [0.25, 0.3) is 0 Å². The van der Waals surface area contributed by atoms with E-state index in [2.05, 4.69) is 10.3 Å². The number of nitrogens with two attached hydrogens (primary N) is 1. The number of nitrogens with one attached hydrogen (secondary N) is 1. The first-order valence-electron chi connectivity index (χ1n) is 9.50. The fourth-order valence-corrected chi connectivity index (χ4v) is 2.49. The molecule has 0 radical (unpaired) electrons. The highest BCUT2D eigenvalue weighted by atomic mass is 19.1. The normalized spacial score (nSPS) is 10.6. The second-order valence-electron chi connectivity index (χ2n) is 6.41. The number of rotatable bonds is 9. The molecule has 160 valence electrons. The zero-order valence-electron chi connectivity index (χ0n) is 16.8. The lowest BCUT2D eigenvalue weighted by atomic mass is 10.2. The molecule has 0 spiro atoms. The van der Waals surface area contributed by atoms with E-state index in [1.54, 1.807) is 0 Å². The third-order valence-electron chi connectivity index (χ3n) is 4.23. The smallest absolute Gasteiger partial charge is 0.340 e. The van der Waals surface area contributed by atoms with Crippen LogP contribution in [-0.2, 0) is 16.1 Å². The fraction of sp³-hybridized carbons (Fsp3) is 0.333. The molecule has 1 heterocycles. The first kappa shape index (κ1) is 23.0. The number of hydrogen-bond donors (Lipinski definition) is 2. The standard InChI is InChI=1S/C21H24FN3O5/c1-3-16(4-2)30-21(28)14-9-17(29-12-13-5-7-15(22)8-6-13)19(24-11-14)20(27)25-18(26)10-23/h5-9,11,16H,3-4,10,12,23H2,1-2H3,(H,25,26,27). The zero-order chi connectivity index (χ0) is 22.1. The molecule has 0 aliphatic heterocycles. The molecule has 8 nitrogen and oxygen atoms in total. The predicted octanol–water partition coefficient (Wildman–Crippen LogP) is 2.36. The number of pyridine rings is 1. The summed E-state index contributed by atoms with van der Waals surface area (Å²) < 4.78 is 24.1. The van der Waals surface area contributed by atoms with Crippen LogP contribution >= 0.6 is 0 Å². The van der Waals surface area contributed by atoms with Crippen molar-refractivity contribution in [3.8, 4) is 5.75 Å². The van der Waals surface area contributed by atoms with Crippen LogP contribution in [0.4, 0.5) is 4.39 Å². The van der Waals surface area contributed by atoms with E-state index in [0.29, 0.717) is 18.4 Å². The molecular formula is C21H24FN3O5.